The van der Waals surface area contributed by atoms with Gasteiger partial charge in [-0.3, -0.25) is 0 Å². The number of hydrogen-bond acceptors (Lipinski definition) is 0. The standard InChI is InChI=1S/C9H12/c1-2-8-7-9(8)5-3-4-6-9/h1,8H,3-7H2. The van der Waals surface area contributed by atoms with Gasteiger partial charge >= 0.3 is 0 Å². The molecule has 0 aromatic heterocycles. The Hall–Kier alpha value is -0.440. The molecule has 2 rings (SSSR count). The summed E-state index contributed by atoms with van der Waals surface area (Å²) in [7, 11) is 0. The minimum Gasteiger partial charge on any atom is -0.120 e. The predicted octanol–water partition coefficient (Wildman–Crippen LogP) is 2.20. The minimum atomic E-state index is 0.667. The van der Waals surface area contributed by atoms with Gasteiger partial charge in [-0.15, -0.1) is 12.3 Å². The Morgan fingerprint density at radius 2 is 2.00 bits per heavy atom. The molecule has 2 saturated carbocycles. The zero-order valence-electron chi connectivity index (χ0n) is 5.69. The third-order valence-corrected chi connectivity index (χ3v) is 2.99. The average Bonchev–Trinajstić information content (AvgIpc) is 2.30. The maximum atomic E-state index is 5.34. The van der Waals surface area contributed by atoms with Crippen LogP contribution in [0.3, 0.4) is 0 Å². The van der Waals surface area contributed by atoms with E-state index >= 15 is 0 Å². The van der Waals surface area contributed by atoms with Gasteiger partial charge in [0.2, 0.25) is 0 Å². The van der Waals surface area contributed by atoms with Crippen LogP contribution in [0, 0.1) is 23.7 Å². The Morgan fingerprint density at radius 3 is 2.44 bits per heavy atom. The molecule has 0 aliphatic heterocycles. The largest absolute Gasteiger partial charge is 0.120 e. The first-order valence-electron chi connectivity index (χ1n) is 3.83. The molecule has 1 spiro atoms. The van der Waals surface area contributed by atoms with E-state index < -0.39 is 0 Å². The molecule has 2 fully saturated rings. The van der Waals surface area contributed by atoms with Crippen LogP contribution in [0.2, 0.25) is 0 Å². The lowest BCUT2D eigenvalue weighted by molar-refractivity contribution is 0.508. The van der Waals surface area contributed by atoms with E-state index in [9.17, 15) is 0 Å². The quantitative estimate of drug-likeness (QED) is 0.430. The fourth-order valence-electron chi connectivity index (χ4n) is 2.22. The summed E-state index contributed by atoms with van der Waals surface area (Å²) in [5.41, 5.74) is 0.675. The lowest BCUT2D eigenvalue weighted by Gasteiger charge is -2.01. The van der Waals surface area contributed by atoms with Gasteiger partial charge in [-0.2, -0.15) is 0 Å². The van der Waals surface area contributed by atoms with Gasteiger partial charge in [0.15, 0.2) is 0 Å². The Bertz CT molecular complexity index is 155. The van der Waals surface area contributed by atoms with Crippen LogP contribution in [-0.4, -0.2) is 0 Å². The van der Waals surface area contributed by atoms with Gasteiger partial charge in [0.1, 0.15) is 0 Å². The van der Waals surface area contributed by atoms with Crippen LogP contribution in [0.5, 0.6) is 0 Å². The van der Waals surface area contributed by atoms with E-state index in [1.54, 1.807) is 0 Å². The third kappa shape index (κ3) is 0.611. The average molecular weight is 120 g/mol. The van der Waals surface area contributed by atoms with Crippen LogP contribution in [0.15, 0.2) is 0 Å². The topological polar surface area (TPSA) is 0 Å². The van der Waals surface area contributed by atoms with E-state index in [4.69, 9.17) is 6.42 Å². The van der Waals surface area contributed by atoms with E-state index in [1.807, 2.05) is 0 Å². The van der Waals surface area contributed by atoms with Crippen molar-refractivity contribution in [3.05, 3.63) is 0 Å². The predicted molar refractivity (Wildman–Crippen MR) is 37.8 cm³/mol. The normalized spacial score (nSPS) is 36.6. The molecular formula is C9H12. The van der Waals surface area contributed by atoms with Crippen molar-refractivity contribution in [1.29, 1.82) is 0 Å². The van der Waals surface area contributed by atoms with E-state index in [-0.39, 0.29) is 0 Å². The highest BCUT2D eigenvalue weighted by molar-refractivity contribution is 5.17. The zero-order valence-corrected chi connectivity index (χ0v) is 5.69. The minimum absolute atomic E-state index is 0.667. The summed E-state index contributed by atoms with van der Waals surface area (Å²) in [5.74, 6) is 3.54. The molecule has 0 radical (unpaired) electrons. The van der Waals surface area contributed by atoms with Gasteiger partial charge in [0, 0.05) is 5.92 Å². The molecule has 0 aromatic carbocycles. The monoisotopic (exact) mass is 120 g/mol. The molecule has 0 aromatic rings. The Balaban J connectivity index is 2.07. The summed E-state index contributed by atoms with van der Waals surface area (Å²) in [5, 5.41) is 0. The second-order valence-corrected chi connectivity index (χ2v) is 3.49. The van der Waals surface area contributed by atoms with Gasteiger partial charge < -0.3 is 0 Å². The van der Waals surface area contributed by atoms with Crippen molar-refractivity contribution in [2.24, 2.45) is 11.3 Å². The maximum absolute atomic E-state index is 5.34. The summed E-state index contributed by atoms with van der Waals surface area (Å²) in [4.78, 5) is 0. The first kappa shape index (κ1) is 5.35. The van der Waals surface area contributed by atoms with Crippen LogP contribution in [-0.2, 0) is 0 Å². The highest BCUT2D eigenvalue weighted by Crippen LogP contribution is 2.62. The molecule has 2 aliphatic rings. The van der Waals surface area contributed by atoms with Gasteiger partial charge in [0.05, 0.1) is 0 Å². The SMILES string of the molecule is C#CC1CC12CCCC2. The van der Waals surface area contributed by atoms with Gasteiger partial charge in [-0.1, -0.05) is 12.8 Å². The molecular weight excluding hydrogens is 108 g/mol. The van der Waals surface area contributed by atoms with Crippen LogP contribution < -0.4 is 0 Å². The third-order valence-electron chi connectivity index (χ3n) is 2.99. The molecule has 9 heavy (non-hydrogen) atoms. The second-order valence-electron chi connectivity index (χ2n) is 3.49. The van der Waals surface area contributed by atoms with Crippen LogP contribution in [0.1, 0.15) is 32.1 Å². The lowest BCUT2D eigenvalue weighted by Crippen LogP contribution is -1.93. The summed E-state index contributed by atoms with van der Waals surface area (Å²) in [6.45, 7) is 0. The van der Waals surface area contributed by atoms with Crippen molar-refractivity contribution in [2.75, 3.05) is 0 Å². The van der Waals surface area contributed by atoms with Crippen molar-refractivity contribution in [1.82, 2.24) is 0 Å². The maximum Gasteiger partial charge on any atom is 0.0262 e. The Kier molecular flexibility index (Phi) is 0.913. The molecule has 0 heteroatoms. The van der Waals surface area contributed by atoms with Crippen LogP contribution in [0.25, 0.3) is 0 Å². The molecule has 0 heterocycles. The fraction of sp³-hybridized carbons (Fsp3) is 0.778. The molecule has 0 amide bonds. The van der Waals surface area contributed by atoms with Crippen molar-refractivity contribution in [3.8, 4) is 12.3 Å². The van der Waals surface area contributed by atoms with Crippen molar-refractivity contribution >= 4 is 0 Å². The van der Waals surface area contributed by atoms with E-state index in [2.05, 4.69) is 5.92 Å². The summed E-state index contributed by atoms with van der Waals surface area (Å²) in [6.07, 6.45) is 12.4. The Morgan fingerprint density at radius 1 is 1.33 bits per heavy atom. The fourth-order valence-corrected chi connectivity index (χ4v) is 2.22. The molecule has 2 aliphatic carbocycles. The molecule has 1 atom stereocenters. The summed E-state index contributed by atoms with van der Waals surface area (Å²) >= 11 is 0. The number of hydrogen-bond donors (Lipinski definition) is 0. The van der Waals surface area contributed by atoms with E-state index in [1.165, 1.54) is 32.1 Å². The first-order valence-corrected chi connectivity index (χ1v) is 3.83. The van der Waals surface area contributed by atoms with Gasteiger partial charge in [-0.05, 0) is 24.7 Å². The summed E-state index contributed by atoms with van der Waals surface area (Å²) in [6, 6.07) is 0. The molecule has 0 N–H and O–H groups in total. The lowest BCUT2D eigenvalue weighted by atomic mass is 10.0. The molecule has 0 nitrogen and oxygen atoms in total. The van der Waals surface area contributed by atoms with Crippen LogP contribution in [0.4, 0.5) is 0 Å². The highest BCUT2D eigenvalue weighted by Gasteiger charge is 2.53. The van der Waals surface area contributed by atoms with Gasteiger partial charge in [-0.25, -0.2) is 0 Å². The van der Waals surface area contributed by atoms with E-state index in [0.717, 1.165) is 0 Å². The molecule has 0 saturated heterocycles. The zero-order chi connectivity index (χ0) is 6.32. The van der Waals surface area contributed by atoms with Gasteiger partial charge in [0.25, 0.3) is 0 Å². The Labute approximate surface area is 56.6 Å². The second kappa shape index (κ2) is 1.53. The van der Waals surface area contributed by atoms with Crippen molar-refractivity contribution < 1.29 is 0 Å². The number of terminal acetylenes is 1. The first-order chi connectivity index (χ1) is 4.37. The molecule has 48 valence electrons. The highest BCUT2D eigenvalue weighted by atomic mass is 14.6. The molecule has 0 bridgehead atoms. The smallest absolute Gasteiger partial charge is 0.0262 e. The van der Waals surface area contributed by atoms with Crippen molar-refractivity contribution in [2.45, 2.75) is 32.1 Å². The molecule has 1 unspecified atom stereocenters. The van der Waals surface area contributed by atoms with Crippen molar-refractivity contribution in [3.63, 3.8) is 0 Å². The van der Waals surface area contributed by atoms with E-state index in [0.29, 0.717) is 11.3 Å². The summed E-state index contributed by atoms with van der Waals surface area (Å²) < 4.78 is 0. The number of rotatable bonds is 0. The van der Waals surface area contributed by atoms with Crippen LogP contribution >= 0.6 is 0 Å².